The molecule has 0 spiro atoms. The van der Waals surface area contributed by atoms with E-state index in [0.717, 1.165) is 18.7 Å². The highest BCUT2D eigenvalue weighted by Gasteiger charge is 2.35. The minimum absolute atomic E-state index is 0.0564. The summed E-state index contributed by atoms with van der Waals surface area (Å²) in [5.41, 5.74) is 6.54. The number of hydrogen-bond acceptors (Lipinski definition) is 5. The van der Waals surface area contributed by atoms with Gasteiger partial charge in [0.25, 0.3) is 0 Å². The van der Waals surface area contributed by atoms with Gasteiger partial charge >= 0.3 is 0 Å². The fourth-order valence-corrected chi connectivity index (χ4v) is 3.85. The number of amides is 3. The molecule has 1 aliphatic rings. The van der Waals surface area contributed by atoms with Crippen LogP contribution in [0.25, 0.3) is 0 Å². The third-order valence-corrected chi connectivity index (χ3v) is 6.38. The van der Waals surface area contributed by atoms with Gasteiger partial charge in [-0.25, -0.2) is 0 Å². The molecule has 2 rings (SSSR count). The minimum atomic E-state index is -0.716. The average molecular weight is 472 g/mol. The third kappa shape index (κ3) is 7.95. The maximum atomic E-state index is 13.5. The molecule has 1 aromatic carbocycles. The van der Waals surface area contributed by atoms with Crippen molar-refractivity contribution in [1.29, 1.82) is 0 Å². The van der Waals surface area contributed by atoms with Crippen molar-refractivity contribution in [3.05, 3.63) is 48.0 Å². The fourth-order valence-electron chi connectivity index (χ4n) is 3.85. The fraction of sp³-hybridized carbons (Fsp3) is 0.577. The highest BCUT2D eigenvalue weighted by atomic mass is 16.2. The van der Waals surface area contributed by atoms with E-state index in [1.54, 1.807) is 27.1 Å². The van der Waals surface area contributed by atoms with Crippen LogP contribution in [0.4, 0.5) is 0 Å². The summed E-state index contributed by atoms with van der Waals surface area (Å²) < 4.78 is 0. The molecule has 1 unspecified atom stereocenters. The molecule has 1 fully saturated rings. The molecule has 2 atom stereocenters. The topological polar surface area (TPSA) is 90.2 Å². The van der Waals surface area contributed by atoms with Crippen molar-refractivity contribution < 1.29 is 14.4 Å². The lowest BCUT2D eigenvalue weighted by molar-refractivity contribution is -0.149. The molecule has 1 heterocycles. The highest BCUT2D eigenvalue weighted by Crippen LogP contribution is 2.15. The lowest BCUT2D eigenvalue weighted by atomic mass is 10.0. The monoisotopic (exact) mass is 471 g/mol. The second-order valence-electron chi connectivity index (χ2n) is 10.0. The zero-order chi connectivity index (χ0) is 25.5. The summed E-state index contributed by atoms with van der Waals surface area (Å²) in [6.45, 7) is 8.35. The summed E-state index contributed by atoms with van der Waals surface area (Å²) in [7, 11) is 5.30. The number of carbonyl (C=O) groups excluding carboxylic acids is 3. The molecule has 1 aromatic rings. The molecule has 0 saturated carbocycles. The number of hydrogen-bond donors (Lipinski definition) is 1. The van der Waals surface area contributed by atoms with E-state index in [0.29, 0.717) is 25.9 Å². The summed E-state index contributed by atoms with van der Waals surface area (Å²) in [4.78, 5) is 46.5. The molecule has 0 bridgehead atoms. The van der Waals surface area contributed by atoms with Crippen LogP contribution in [0.2, 0.25) is 0 Å². The van der Waals surface area contributed by atoms with Crippen LogP contribution in [-0.2, 0) is 20.8 Å². The molecule has 1 saturated heterocycles. The van der Waals surface area contributed by atoms with Crippen molar-refractivity contribution >= 4 is 17.7 Å². The van der Waals surface area contributed by atoms with E-state index in [1.165, 1.54) is 15.9 Å². The zero-order valence-corrected chi connectivity index (χ0v) is 21.5. The van der Waals surface area contributed by atoms with E-state index in [4.69, 9.17) is 5.73 Å². The van der Waals surface area contributed by atoms with Crippen LogP contribution in [0.3, 0.4) is 0 Å². The summed E-state index contributed by atoms with van der Waals surface area (Å²) >= 11 is 0. The molecule has 8 heteroatoms. The van der Waals surface area contributed by atoms with Gasteiger partial charge in [0.05, 0.1) is 0 Å². The maximum absolute atomic E-state index is 13.5. The van der Waals surface area contributed by atoms with Crippen LogP contribution in [0.5, 0.6) is 0 Å². The number of likely N-dealkylation sites (N-methyl/N-ethyl adjacent to an activating group) is 3. The molecular weight excluding hydrogens is 430 g/mol. The Balaban J connectivity index is 2.16. The third-order valence-electron chi connectivity index (χ3n) is 6.38. The Morgan fingerprint density at radius 2 is 1.65 bits per heavy atom. The second-order valence-corrected chi connectivity index (χ2v) is 10.0. The predicted octanol–water partition coefficient (Wildman–Crippen LogP) is 1.36. The van der Waals surface area contributed by atoms with Gasteiger partial charge in [0.2, 0.25) is 17.7 Å². The van der Waals surface area contributed by atoms with Crippen LogP contribution in [0.1, 0.15) is 32.8 Å². The lowest BCUT2D eigenvalue weighted by Crippen LogP contribution is -2.57. The number of benzene rings is 1. The van der Waals surface area contributed by atoms with Crippen molar-refractivity contribution in [2.24, 2.45) is 5.73 Å². The van der Waals surface area contributed by atoms with Gasteiger partial charge in [-0.05, 0) is 45.9 Å². The van der Waals surface area contributed by atoms with E-state index in [1.807, 2.05) is 56.1 Å². The molecule has 34 heavy (non-hydrogen) atoms. The predicted molar refractivity (Wildman–Crippen MR) is 135 cm³/mol. The van der Waals surface area contributed by atoms with E-state index < -0.39 is 17.6 Å². The van der Waals surface area contributed by atoms with Crippen molar-refractivity contribution in [3.63, 3.8) is 0 Å². The quantitative estimate of drug-likeness (QED) is 0.550. The van der Waals surface area contributed by atoms with E-state index in [-0.39, 0.29) is 17.7 Å². The summed E-state index contributed by atoms with van der Waals surface area (Å²) in [6.07, 6.45) is 4.15. The molecule has 0 aliphatic carbocycles. The number of nitrogens with zero attached hydrogens (tertiary/aromatic N) is 4. The first-order chi connectivity index (χ1) is 15.9. The van der Waals surface area contributed by atoms with Crippen LogP contribution >= 0.6 is 0 Å². The van der Waals surface area contributed by atoms with Crippen molar-refractivity contribution in [1.82, 2.24) is 19.6 Å². The number of nitrogens with two attached hydrogens (primary N) is 1. The SMILES string of the molecule is CC(C(=O)N(C)[C@H](Cc1ccccc1)C(=O)N1CCN(C)CC1)N(C)C(=O)/C=C/CC(C)(C)N. The molecule has 2 N–H and O–H groups in total. The molecule has 188 valence electrons. The Hall–Kier alpha value is -2.71. The Morgan fingerprint density at radius 1 is 1.06 bits per heavy atom. The van der Waals surface area contributed by atoms with Gasteiger partial charge < -0.3 is 25.3 Å². The Bertz CT molecular complexity index is 857. The first-order valence-corrected chi connectivity index (χ1v) is 11.9. The Kier molecular flexibility index (Phi) is 9.82. The standard InChI is InChI=1S/C26H41N5O3/c1-20(29(5)23(32)13-10-14-26(2,3)27)24(33)30(6)22(19-21-11-8-7-9-12-21)25(34)31-17-15-28(4)16-18-31/h7-13,20,22H,14-19,27H2,1-6H3/b13-10+/t20?,22-/m1/s1. The number of piperazine rings is 1. The lowest BCUT2D eigenvalue weighted by Gasteiger charge is -2.38. The van der Waals surface area contributed by atoms with Crippen LogP contribution in [0.15, 0.2) is 42.5 Å². The van der Waals surface area contributed by atoms with Gasteiger partial charge in [-0.2, -0.15) is 0 Å². The van der Waals surface area contributed by atoms with Crippen molar-refractivity contribution in [2.75, 3.05) is 47.3 Å². The average Bonchev–Trinajstić information content (AvgIpc) is 2.80. The Labute approximate surface area is 204 Å². The van der Waals surface area contributed by atoms with E-state index >= 15 is 0 Å². The van der Waals surface area contributed by atoms with Gasteiger partial charge in [0.1, 0.15) is 12.1 Å². The van der Waals surface area contributed by atoms with Gasteiger partial charge in [-0.1, -0.05) is 36.4 Å². The van der Waals surface area contributed by atoms with Crippen LogP contribution in [-0.4, -0.2) is 102 Å². The van der Waals surface area contributed by atoms with Gasteiger partial charge in [-0.3, -0.25) is 14.4 Å². The molecule has 1 aliphatic heterocycles. The molecule has 0 aromatic heterocycles. The first kappa shape index (κ1) is 27.5. The summed E-state index contributed by atoms with van der Waals surface area (Å²) in [6, 6.07) is 8.36. The second kappa shape index (κ2) is 12.1. The Morgan fingerprint density at radius 3 is 2.21 bits per heavy atom. The van der Waals surface area contributed by atoms with E-state index in [9.17, 15) is 14.4 Å². The largest absolute Gasteiger partial charge is 0.338 e. The molecular formula is C26H41N5O3. The minimum Gasteiger partial charge on any atom is -0.338 e. The maximum Gasteiger partial charge on any atom is 0.246 e. The zero-order valence-electron chi connectivity index (χ0n) is 21.5. The van der Waals surface area contributed by atoms with Gasteiger partial charge in [-0.15, -0.1) is 0 Å². The first-order valence-electron chi connectivity index (χ1n) is 11.9. The van der Waals surface area contributed by atoms with Crippen molar-refractivity contribution in [2.45, 2.75) is 51.2 Å². The van der Waals surface area contributed by atoms with Crippen LogP contribution < -0.4 is 5.73 Å². The van der Waals surface area contributed by atoms with Gasteiger partial charge in [0.15, 0.2) is 0 Å². The normalized spacial score (nSPS) is 16.9. The molecule has 0 radical (unpaired) electrons. The summed E-state index contributed by atoms with van der Waals surface area (Å²) in [5, 5.41) is 0. The van der Waals surface area contributed by atoms with Crippen molar-refractivity contribution in [3.8, 4) is 0 Å². The number of rotatable bonds is 9. The van der Waals surface area contributed by atoms with Gasteiger partial charge in [0, 0.05) is 52.2 Å². The highest BCUT2D eigenvalue weighted by molar-refractivity contribution is 5.94. The smallest absolute Gasteiger partial charge is 0.246 e. The summed E-state index contributed by atoms with van der Waals surface area (Å²) in [5.74, 6) is -0.602. The molecule has 8 nitrogen and oxygen atoms in total. The van der Waals surface area contributed by atoms with Crippen LogP contribution in [0, 0.1) is 0 Å². The molecule has 3 amide bonds. The van der Waals surface area contributed by atoms with E-state index in [2.05, 4.69) is 4.90 Å². The number of carbonyl (C=O) groups is 3.